The number of hydrogen-bond donors (Lipinski definition) is 0. The van der Waals surface area contributed by atoms with Crippen LogP contribution in [0.1, 0.15) is 40.0 Å². The maximum Gasteiger partial charge on any atom is 0.309 e. The monoisotopic (exact) mass is 215 g/mol. The average molecular weight is 215 g/mol. The van der Waals surface area contributed by atoms with E-state index in [1.165, 1.54) is 0 Å². The zero-order chi connectivity index (χ0) is 10.4. The molecule has 1 aliphatic heterocycles. The van der Waals surface area contributed by atoms with Gasteiger partial charge in [0.05, 0.1) is 12.5 Å². The molecule has 0 aliphatic carbocycles. The summed E-state index contributed by atoms with van der Waals surface area (Å²) in [6.07, 6.45) is 3.99. The number of unbranched alkanes of at least 4 members (excludes halogenated alkanes) is 1. The first-order valence-corrected chi connectivity index (χ1v) is 5.59. The van der Waals surface area contributed by atoms with E-state index in [0.717, 1.165) is 38.8 Å². The molecular formula is C12H25NO2. The molecule has 15 heavy (non-hydrogen) atoms. The molecule has 0 unspecified atom stereocenters. The van der Waals surface area contributed by atoms with Gasteiger partial charge in [0.2, 0.25) is 0 Å². The smallest absolute Gasteiger partial charge is 0.309 e. The van der Waals surface area contributed by atoms with Crippen molar-refractivity contribution < 1.29 is 9.53 Å². The van der Waals surface area contributed by atoms with Crippen LogP contribution in [0.3, 0.4) is 0 Å². The van der Waals surface area contributed by atoms with Gasteiger partial charge in [-0.25, -0.2) is 0 Å². The summed E-state index contributed by atoms with van der Waals surface area (Å²) < 4.78 is 5.20. The van der Waals surface area contributed by atoms with Crippen molar-refractivity contribution in [3.63, 3.8) is 0 Å². The van der Waals surface area contributed by atoms with Crippen molar-refractivity contribution in [1.82, 2.24) is 4.90 Å². The number of likely N-dealkylation sites (tertiary alicyclic amines) is 1. The van der Waals surface area contributed by atoms with Crippen LogP contribution in [0.15, 0.2) is 0 Å². The Morgan fingerprint density at radius 1 is 1.40 bits per heavy atom. The quantitative estimate of drug-likeness (QED) is 0.532. The second-order valence-corrected chi connectivity index (χ2v) is 4.10. The van der Waals surface area contributed by atoms with Crippen molar-refractivity contribution >= 4 is 5.97 Å². The van der Waals surface area contributed by atoms with Crippen LogP contribution in [0.25, 0.3) is 0 Å². The highest BCUT2D eigenvalue weighted by atomic mass is 16.5. The van der Waals surface area contributed by atoms with Crippen molar-refractivity contribution in [1.29, 1.82) is 0 Å². The number of piperidine rings is 1. The molecule has 1 rings (SSSR count). The fourth-order valence-electron chi connectivity index (χ4n) is 1.68. The number of carbonyl (C=O) groups is 1. The molecule has 90 valence electrons. The molecule has 0 radical (unpaired) electrons. The van der Waals surface area contributed by atoms with Gasteiger partial charge in [-0.1, -0.05) is 20.8 Å². The lowest BCUT2D eigenvalue weighted by Gasteiger charge is -2.27. The van der Waals surface area contributed by atoms with Gasteiger partial charge in [-0.2, -0.15) is 0 Å². The van der Waals surface area contributed by atoms with Crippen LogP contribution in [-0.4, -0.2) is 37.6 Å². The van der Waals surface area contributed by atoms with Gasteiger partial charge in [-0.05, 0) is 39.4 Å². The van der Waals surface area contributed by atoms with E-state index >= 15 is 0 Å². The Balaban J connectivity index is 0.00000196. The van der Waals surface area contributed by atoms with Crippen LogP contribution in [0, 0.1) is 5.92 Å². The van der Waals surface area contributed by atoms with Crippen LogP contribution >= 0.6 is 0 Å². The molecule has 1 fully saturated rings. The van der Waals surface area contributed by atoms with Crippen LogP contribution in [0.5, 0.6) is 0 Å². The fraction of sp³-hybridized carbons (Fsp3) is 0.917. The number of nitrogens with zero attached hydrogens (tertiary/aromatic N) is 1. The molecule has 0 aromatic rings. The van der Waals surface area contributed by atoms with E-state index in [2.05, 4.69) is 18.9 Å². The van der Waals surface area contributed by atoms with Gasteiger partial charge >= 0.3 is 5.97 Å². The Morgan fingerprint density at radius 3 is 2.53 bits per heavy atom. The number of rotatable bonds is 4. The minimum absolute atomic E-state index is 0. The first-order valence-electron chi connectivity index (χ1n) is 5.59. The second-order valence-electron chi connectivity index (χ2n) is 4.10. The van der Waals surface area contributed by atoms with Crippen molar-refractivity contribution in [2.45, 2.75) is 40.0 Å². The highest BCUT2D eigenvalue weighted by Crippen LogP contribution is 2.17. The van der Waals surface area contributed by atoms with Gasteiger partial charge in [0, 0.05) is 0 Å². The molecule has 0 saturated carbocycles. The Labute approximate surface area is 93.8 Å². The Kier molecular flexibility index (Phi) is 7.39. The van der Waals surface area contributed by atoms with E-state index in [0.29, 0.717) is 6.61 Å². The molecule has 0 bridgehead atoms. The van der Waals surface area contributed by atoms with Crippen molar-refractivity contribution in [2.75, 3.05) is 26.7 Å². The summed E-state index contributed by atoms with van der Waals surface area (Å²) in [4.78, 5) is 13.8. The van der Waals surface area contributed by atoms with Gasteiger partial charge in [-0.15, -0.1) is 0 Å². The molecule has 0 spiro atoms. The summed E-state index contributed by atoms with van der Waals surface area (Å²) >= 11 is 0. The molecule has 0 aromatic carbocycles. The molecule has 0 atom stereocenters. The Morgan fingerprint density at radius 2 is 2.00 bits per heavy atom. The van der Waals surface area contributed by atoms with Gasteiger partial charge < -0.3 is 9.64 Å². The molecule has 1 saturated heterocycles. The van der Waals surface area contributed by atoms with E-state index < -0.39 is 0 Å². The summed E-state index contributed by atoms with van der Waals surface area (Å²) in [6.45, 7) is 4.74. The van der Waals surface area contributed by atoms with Gasteiger partial charge in [0.25, 0.3) is 0 Å². The molecule has 1 heterocycles. The largest absolute Gasteiger partial charge is 0.465 e. The molecule has 0 amide bonds. The standard InChI is InChI=1S/C11H21NO2.CH4/c1-3-4-9-14-11(13)10-5-7-12(2)8-6-10;/h10H,3-9H2,1-2H3;1H4. The number of esters is 1. The van der Waals surface area contributed by atoms with Gasteiger partial charge in [0.1, 0.15) is 0 Å². The van der Waals surface area contributed by atoms with Crippen molar-refractivity contribution in [3.05, 3.63) is 0 Å². The lowest BCUT2D eigenvalue weighted by molar-refractivity contribution is -0.150. The summed E-state index contributed by atoms with van der Waals surface area (Å²) in [6, 6.07) is 0. The summed E-state index contributed by atoms with van der Waals surface area (Å²) in [5, 5.41) is 0. The fourth-order valence-corrected chi connectivity index (χ4v) is 1.68. The summed E-state index contributed by atoms with van der Waals surface area (Å²) in [5.74, 6) is 0.176. The predicted molar refractivity (Wildman–Crippen MR) is 62.8 cm³/mol. The Hall–Kier alpha value is -0.570. The maximum absolute atomic E-state index is 11.5. The normalized spacial score (nSPS) is 18.3. The third-order valence-corrected chi connectivity index (χ3v) is 2.79. The maximum atomic E-state index is 11.5. The third kappa shape index (κ3) is 5.17. The average Bonchev–Trinajstić information content (AvgIpc) is 2.19. The van der Waals surface area contributed by atoms with Crippen molar-refractivity contribution in [2.24, 2.45) is 5.92 Å². The molecule has 3 heteroatoms. The van der Waals surface area contributed by atoms with E-state index in [4.69, 9.17) is 4.74 Å². The van der Waals surface area contributed by atoms with Gasteiger partial charge in [-0.3, -0.25) is 4.79 Å². The van der Waals surface area contributed by atoms with E-state index in [-0.39, 0.29) is 19.3 Å². The molecule has 3 nitrogen and oxygen atoms in total. The van der Waals surface area contributed by atoms with E-state index in [9.17, 15) is 4.79 Å². The zero-order valence-electron chi connectivity index (χ0n) is 9.29. The zero-order valence-corrected chi connectivity index (χ0v) is 9.29. The van der Waals surface area contributed by atoms with Crippen LogP contribution < -0.4 is 0 Å². The first kappa shape index (κ1) is 14.4. The molecule has 1 aliphatic rings. The minimum Gasteiger partial charge on any atom is -0.465 e. The summed E-state index contributed by atoms with van der Waals surface area (Å²) in [7, 11) is 2.10. The SMILES string of the molecule is C.CCCCOC(=O)C1CCN(C)CC1. The minimum atomic E-state index is 0. The second kappa shape index (κ2) is 7.69. The highest BCUT2D eigenvalue weighted by molar-refractivity contribution is 5.72. The van der Waals surface area contributed by atoms with Gasteiger partial charge in [0.15, 0.2) is 0 Å². The summed E-state index contributed by atoms with van der Waals surface area (Å²) in [5.41, 5.74) is 0. The van der Waals surface area contributed by atoms with Crippen LogP contribution in [0.2, 0.25) is 0 Å². The van der Waals surface area contributed by atoms with Crippen LogP contribution in [-0.2, 0) is 9.53 Å². The number of carbonyl (C=O) groups excluding carboxylic acids is 1. The highest BCUT2D eigenvalue weighted by Gasteiger charge is 2.24. The third-order valence-electron chi connectivity index (χ3n) is 2.79. The van der Waals surface area contributed by atoms with Crippen molar-refractivity contribution in [3.8, 4) is 0 Å². The number of hydrogen-bond acceptors (Lipinski definition) is 3. The van der Waals surface area contributed by atoms with E-state index in [1.54, 1.807) is 0 Å². The topological polar surface area (TPSA) is 29.5 Å². The molecule has 0 N–H and O–H groups in total. The predicted octanol–water partition coefficient (Wildman–Crippen LogP) is 2.31. The first-order chi connectivity index (χ1) is 6.74. The Bertz CT molecular complexity index is 174. The molecular weight excluding hydrogens is 190 g/mol. The van der Waals surface area contributed by atoms with E-state index in [1.807, 2.05) is 0 Å². The lowest BCUT2D eigenvalue weighted by atomic mass is 9.97. The molecule has 0 aromatic heterocycles. The lowest BCUT2D eigenvalue weighted by Crippen LogP contribution is -2.34. The number of ether oxygens (including phenoxy) is 1. The van der Waals surface area contributed by atoms with Crippen LogP contribution in [0.4, 0.5) is 0 Å².